The summed E-state index contributed by atoms with van der Waals surface area (Å²) >= 11 is 0. The molecule has 35 heavy (non-hydrogen) atoms. The molecule has 2 aromatic rings. The van der Waals surface area contributed by atoms with Crippen LogP contribution in [0, 0.1) is 0 Å². The lowest BCUT2D eigenvalue weighted by Crippen LogP contribution is -2.46. The van der Waals surface area contributed by atoms with Crippen molar-refractivity contribution in [3.8, 4) is 0 Å². The van der Waals surface area contributed by atoms with Crippen LogP contribution in [0.3, 0.4) is 0 Å². The average molecular weight is 482 g/mol. The highest BCUT2D eigenvalue weighted by molar-refractivity contribution is 5.76. The van der Waals surface area contributed by atoms with E-state index in [1.165, 1.54) is 40.7 Å². The Kier molecular flexibility index (Phi) is 8.44. The minimum absolute atomic E-state index is 0.0267. The number of piperazine rings is 1. The second kappa shape index (κ2) is 11.5. The summed E-state index contributed by atoms with van der Waals surface area (Å²) in [5.74, 6) is -0.326. The maximum Gasteiger partial charge on any atom is 0.331 e. The predicted octanol–water partition coefficient (Wildman–Crippen LogP) is 3.91. The topological polar surface area (TPSA) is 63.3 Å². The highest BCUT2D eigenvalue weighted by atomic mass is 16.6. The first kappa shape index (κ1) is 25.6. The van der Waals surface area contributed by atoms with Crippen LogP contribution in [-0.4, -0.2) is 75.4 Å². The number of benzene rings is 2. The summed E-state index contributed by atoms with van der Waals surface area (Å²) in [7, 11) is 1.38. The normalized spacial score (nSPS) is 17.4. The summed E-state index contributed by atoms with van der Waals surface area (Å²) in [5, 5.41) is 3.67. The average Bonchev–Trinajstić information content (AvgIpc) is 2.86. The van der Waals surface area contributed by atoms with Crippen LogP contribution < -0.4 is 5.32 Å². The lowest BCUT2D eigenvalue weighted by molar-refractivity contribution is -0.146. The van der Waals surface area contributed by atoms with E-state index in [1.54, 1.807) is 0 Å². The molecule has 0 bridgehead atoms. The lowest BCUT2D eigenvalue weighted by Gasteiger charge is -2.37. The molecule has 1 fully saturated rings. The molecular formula is C28H39N3O4. The van der Waals surface area contributed by atoms with E-state index >= 15 is 0 Å². The number of hydrogen-bond donors (Lipinski definition) is 1. The number of anilines is 2. The number of ether oxygens (including phenoxy) is 3. The van der Waals surface area contributed by atoms with E-state index in [4.69, 9.17) is 9.47 Å². The van der Waals surface area contributed by atoms with Crippen molar-refractivity contribution in [1.29, 1.82) is 0 Å². The minimum Gasteiger partial charge on any atom is -0.467 e. The molecule has 0 unspecified atom stereocenters. The quantitative estimate of drug-likeness (QED) is 0.408. The molecule has 4 rings (SSSR count). The number of carbonyl (C=O) groups is 1. The van der Waals surface area contributed by atoms with Crippen LogP contribution in [0.2, 0.25) is 0 Å². The fourth-order valence-corrected chi connectivity index (χ4v) is 4.99. The van der Waals surface area contributed by atoms with E-state index in [9.17, 15) is 4.79 Å². The van der Waals surface area contributed by atoms with Gasteiger partial charge in [-0.15, -0.1) is 0 Å². The van der Waals surface area contributed by atoms with Crippen molar-refractivity contribution in [2.75, 3.05) is 65.0 Å². The molecule has 0 amide bonds. The predicted molar refractivity (Wildman–Crippen MR) is 138 cm³/mol. The van der Waals surface area contributed by atoms with Crippen LogP contribution in [0.25, 0.3) is 0 Å². The van der Waals surface area contributed by atoms with Crippen LogP contribution in [0.1, 0.15) is 43.0 Å². The van der Waals surface area contributed by atoms with Gasteiger partial charge in [-0.2, -0.15) is 0 Å². The summed E-state index contributed by atoms with van der Waals surface area (Å²) in [5.41, 5.74) is 7.52. The maximum atomic E-state index is 11.1. The molecule has 2 heterocycles. The van der Waals surface area contributed by atoms with Crippen molar-refractivity contribution >= 4 is 17.3 Å². The Morgan fingerprint density at radius 3 is 2.43 bits per heavy atom. The Balaban J connectivity index is 1.34. The second-order valence-electron chi connectivity index (χ2n) is 9.89. The fourth-order valence-electron chi connectivity index (χ4n) is 4.99. The molecule has 1 saturated heterocycles. The highest BCUT2D eigenvalue weighted by Crippen LogP contribution is 2.45. The van der Waals surface area contributed by atoms with Gasteiger partial charge in [0.05, 0.1) is 20.3 Å². The van der Waals surface area contributed by atoms with E-state index in [0.29, 0.717) is 13.2 Å². The van der Waals surface area contributed by atoms with Crippen molar-refractivity contribution in [1.82, 2.24) is 9.80 Å². The third kappa shape index (κ3) is 6.22. The SMILES string of the molecule is CCOCc1ccc2c(c1)Nc1ccc(CN3CCN(CCOCC(=O)OC)CC3)cc1C2(C)C. The molecule has 0 spiro atoms. The minimum atomic E-state index is -0.326. The Hall–Kier alpha value is -2.45. The first-order valence-electron chi connectivity index (χ1n) is 12.6. The van der Waals surface area contributed by atoms with E-state index in [0.717, 1.165) is 45.9 Å². The summed E-state index contributed by atoms with van der Waals surface area (Å²) in [4.78, 5) is 16.1. The zero-order valence-electron chi connectivity index (χ0n) is 21.6. The van der Waals surface area contributed by atoms with Gasteiger partial charge in [-0.1, -0.05) is 38.1 Å². The first-order chi connectivity index (χ1) is 16.9. The number of nitrogens with zero attached hydrogens (tertiary/aromatic N) is 2. The molecule has 1 N–H and O–H groups in total. The summed E-state index contributed by atoms with van der Waals surface area (Å²) in [6.07, 6.45) is 0. The Bertz CT molecular complexity index is 1020. The second-order valence-corrected chi connectivity index (χ2v) is 9.89. The summed E-state index contributed by atoms with van der Waals surface area (Å²) in [6, 6.07) is 13.5. The molecular weight excluding hydrogens is 442 g/mol. The van der Waals surface area contributed by atoms with Gasteiger partial charge in [0.15, 0.2) is 0 Å². The van der Waals surface area contributed by atoms with Gasteiger partial charge < -0.3 is 19.5 Å². The fraction of sp³-hybridized carbons (Fsp3) is 0.536. The standard InChI is InChI=1S/C28H39N3O4/c1-5-34-19-22-6-8-23-26(17-22)29-25-9-7-21(16-24(25)28(23,2)3)18-31-12-10-30(11-13-31)14-15-35-20-27(32)33-4/h6-9,16-17,29H,5,10-15,18-20H2,1-4H3. The van der Waals surface area contributed by atoms with Gasteiger partial charge >= 0.3 is 5.97 Å². The highest BCUT2D eigenvalue weighted by Gasteiger charge is 2.33. The molecule has 0 aliphatic carbocycles. The molecule has 7 heteroatoms. The monoisotopic (exact) mass is 481 g/mol. The number of rotatable bonds is 10. The van der Waals surface area contributed by atoms with Gasteiger partial charge in [-0.25, -0.2) is 4.79 Å². The lowest BCUT2D eigenvalue weighted by atomic mass is 9.73. The van der Waals surface area contributed by atoms with Crippen LogP contribution >= 0.6 is 0 Å². The Morgan fingerprint density at radius 2 is 1.69 bits per heavy atom. The molecule has 7 nitrogen and oxygen atoms in total. The molecule has 0 saturated carbocycles. The number of carbonyl (C=O) groups excluding carboxylic acids is 1. The van der Waals surface area contributed by atoms with Crippen molar-refractivity contribution in [3.05, 3.63) is 58.7 Å². The molecule has 0 radical (unpaired) electrons. The smallest absolute Gasteiger partial charge is 0.331 e. The van der Waals surface area contributed by atoms with Gasteiger partial charge in [0.2, 0.25) is 0 Å². The zero-order chi connectivity index (χ0) is 24.8. The van der Waals surface area contributed by atoms with Crippen LogP contribution in [0.5, 0.6) is 0 Å². The molecule has 190 valence electrons. The third-order valence-electron chi connectivity index (χ3n) is 7.13. The third-order valence-corrected chi connectivity index (χ3v) is 7.13. The van der Waals surface area contributed by atoms with Crippen molar-refractivity contribution in [2.24, 2.45) is 0 Å². The van der Waals surface area contributed by atoms with Gasteiger partial charge in [0.1, 0.15) is 6.61 Å². The van der Waals surface area contributed by atoms with Gasteiger partial charge in [0, 0.05) is 62.7 Å². The summed E-state index contributed by atoms with van der Waals surface area (Å²) < 4.78 is 15.6. The number of nitrogens with one attached hydrogen (secondary N) is 1. The molecule has 0 atom stereocenters. The Morgan fingerprint density at radius 1 is 0.943 bits per heavy atom. The van der Waals surface area contributed by atoms with Crippen LogP contribution in [-0.2, 0) is 37.6 Å². The van der Waals surface area contributed by atoms with Crippen LogP contribution in [0.4, 0.5) is 11.4 Å². The molecule has 2 aliphatic rings. The van der Waals surface area contributed by atoms with E-state index in [-0.39, 0.29) is 18.0 Å². The zero-order valence-corrected chi connectivity index (χ0v) is 21.6. The van der Waals surface area contributed by atoms with Crippen molar-refractivity contribution in [2.45, 2.75) is 39.3 Å². The van der Waals surface area contributed by atoms with Gasteiger partial charge in [-0.05, 0) is 41.3 Å². The van der Waals surface area contributed by atoms with E-state index < -0.39 is 0 Å². The Labute approximate surface area is 209 Å². The van der Waals surface area contributed by atoms with E-state index in [2.05, 4.69) is 70.1 Å². The first-order valence-corrected chi connectivity index (χ1v) is 12.6. The maximum absolute atomic E-state index is 11.1. The van der Waals surface area contributed by atoms with Gasteiger partial charge in [-0.3, -0.25) is 9.80 Å². The number of esters is 1. The van der Waals surface area contributed by atoms with Crippen LogP contribution in [0.15, 0.2) is 36.4 Å². The number of methoxy groups -OCH3 is 1. The largest absolute Gasteiger partial charge is 0.467 e. The molecule has 0 aromatic heterocycles. The van der Waals surface area contributed by atoms with Crippen molar-refractivity contribution < 1.29 is 19.0 Å². The van der Waals surface area contributed by atoms with Crippen molar-refractivity contribution in [3.63, 3.8) is 0 Å². The van der Waals surface area contributed by atoms with E-state index in [1.807, 2.05) is 6.92 Å². The molecule has 2 aromatic carbocycles. The summed E-state index contributed by atoms with van der Waals surface area (Å²) in [6.45, 7) is 14.5. The number of hydrogen-bond acceptors (Lipinski definition) is 7. The number of fused-ring (bicyclic) bond motifs is 2. The molecule has 2 aliphatic heterocycles. The van der Waals surface area contributed by atoms with Gasteiger partial charge in [0.25, 0.3) is 0 Å².